The van der Waals surface area contributed by atoms with Gasteiger partial charge >= 0.3 is 0 Å². The maximum absolute atomic E-state index is 11.8. The van der Waals surface area contributed by atoms with E-state index in [-0.39, 0.29) is 11.8 Å². The molecule has 0 bridgehead atoms. The van der Waals surface area contributed by atoms with E-state index in [9.17, 15) is 9.90 Å². The molecule has 1 aromatic rings. The van der Waals surface area contributed by atoms with E-state index in [0.29, 0.717) is 13.0 Å². The highest BCUT2D eigenvalue weighted by atomic mass is 16.3. The fourth-order valence-electron chi connectivity index (χ4n) is 2.28. The van der Waals surface area contributed by atoms with Crippen molar-refractivity contribution >= 4 is 5.78 Å². The molecule has 1 aliphatic heterocycles. The fourth-order valence-corrected chi connectivity index (χ4v) is 2.28. The third-order valence-electron chi connectivity index (χ3n) is 3.25. The molecule has 1 heterocycles. The molecule has 0 unspecified atom stereocenters. The van der Waals surface area contributed by atoms with Gasteiger partial charge in [0.25, 0.3) is 0 Å². The largest absolute Gasteiger partial charge is 0.381 e. The molecule has 1 N–H and O–H groups in total. The lowest BCUT2D eigenvalue weighted by molar-refractivity contribution is -0.144. The van der Waals surface area contributed by atoms with Crippen molar-refractivity contribution in [2.75, 3.05) is 13.6 Å². The lowest BCUT2D eigenvalue weighted by Gasteiger charge is -2.39. The van der Waals surface area contributed by atoms with Gasteiger partial charge in [0.1, 0.15) is 5.60 Å². The standard InChI is InChI=1S/C13H17NO2/c1-13(16)9-14(2)11(8-12(13)15)10-6-4-3-5-7-10/h3-7,11,16H,8-9H2,1-2H3/t11-,13-/m0/s1. The molecule has 0 spiro atoms. The van der Waals surface area contributed by atoms with Crippen LogP contribution in [0.1, 0.15) is 24.9 Å². The molecule has 1 fully saturated rings. The van der Waals surface area contributed by atoms with Gasteiger partial charge in [-0.1, -0.05) is 30.3 Å². The van der Waals surface area contributed by atoms with Crippen LogP contribution < -0.4 is 0 Å². The number of β-amino-alcohol motifs (C(OH)–C–C–N with tert-alkyl or cyclic N) is 1. The van der Waals surface area contributed by atoms with E-state index >= 15 is 0 Å². The Bertz CT molecular complexity index is 386. The molecule has 0 aliphatic carbocycles. The zero-order valence-electron chi connectivity index (χ0n) is 9.68. The van der Waals surface area contributed by atoms with Crippen molar-refractivity contribution in [3.63, 3.8) is 0 Å². The molecule has 2 atom stereocenters. The Kier molecular flexibility index (Phi) is 2.82. The average molecular weight is 219 g/mol. The molecule has 1 aromatic carbocycles. The van der Waals surface area contributed by atoms with Crippen LogP contribution in [0, 0.1) is 0 Å². The van der Waals surface area contributed by atoms with Crippen molar-refractivity contribution in [3.8, 4) is 0 Å². The van der Waals surface area contributed by atoms with Gasteiger partial charge in [0.15, 0.2) is 5.78 Å². The molecule has 1 saturated heterocycles. The van der Waals surface area contributed by atoms with E-state index in [0.717, 1.165) is 5.56 Å². The third-order valence-corrected chi connectivity index (χ3v) is 3.25. The van der Waals surface area contributed by atoms with Crippen LogP contribution in [0.2, 0.25) is 0 Å². The van der Waals surface area contributed by atoms with Gasteiger partial charge in [0.2, 0.25) is 0 Å². The summed E-state index contributed by atoms with van der Waals surface area (Å²) in [6, 6.07) is 10.0. The highest BCUT2D eigenvalue weighted by Crippen LogP contribution is 2.31. The van der Waals surface area contributed by atoms with Crippen LogP contribution in [0.15, 0.2) is 30.3 Å². The van der Waals surface area contributed by atoms with Crippen molar-refractivity contribution < 1.29 is 9.90 Å². The number of aliphatic hydroxyl groups is 1. The predicted octanol–water partition coefficient (Wildman–Crippen LogP) is 1.38. The van der Waals surface area contributed by atoms with E-state index in [1.54, 1.807) is 6.92 Å². The van der Waals surface area contributed by atoms with Gasteiger partial charge < -0.3 is 5.11 Å². The van der Waals surface area contributed by atoms with Crippen LogP contribution in [0.25, 0.3) is 0 Å². The molecule has 0 saturated carbocycles. The molecule has 0 amide bonds. The number of likely N-dealkylation sites (tertiary alicyclic amines) is 1. The average Bonchev–Trinajstić information content (AvgIpc) is 2.24. The van der Waals surface area contributed by atoms with Crippen LogP contribution >= 0.6 is 0 Å². The minimum absolute atomic E-state index is 0.0700. The van der Waals surface area contributed by atoms with Crippen molar-refractivity contribution in [2.45, 2.75) is 25.0 Å². The zero-order chi connectivity index (χ0) is 11.8. The summed E-state index contributed by atoms with van der Waals surface area (Å²) in [5, 5.41) is 9.89. The molecule has 3 nitrogen and oxygen atoms in total. The monoisotopic (exact) mass is 219 g/mol. The second kappa shape index (κ2) is 4.00. The number of benzene rings is 1. The zero-order valence-corrected chi connectivity index (χ0v) is 9.68. The summed E-state index contributed by atoms with van der Waals surface area (Å²) in [5.41, 5.74) is -0.0612. The number of likely N-dealkylation sites (N-methyl/N-ethyl adjacent to an activating group) is 1. The van der Waals surface area contributed by atoms with Gasteiger partial charge in [-0.25, -0.2) is 0 Å². The van der Waals surface area contributed by atoms with Crippen LogP contribution in [-0.4, -0.2) is 35.0 Å². The van der Waals surface area contributed by atoms with E-state index in [1.807, 2.05) is 42.3 Å². The Morgan fingerprint density at radius 1 is 1.38 bits per heavy atom. The van der Waals surface area contributed by atoms with Gasteiger partial charge in [-0.05, 0) is 19.5 Å². The van der Waals surface area contributed by atoms with Crippen molar-refractivity contribution in [1.29, 1.82) is 0 Å². The van der Waals surface area contributed by atoms with Crippen LogP contribution in [0.4, 0.5) is 0 Å². The maximum atomic E-state index is 11.8. The number of rotatable bonds is 1. The van der Waals surface area contributed by atoms with Crippen molar-refractivity contribution in [1.82, 2.24) is 4.90 Å². The van der Waals surface area contributed by atoms with Crippen molar-refractivity contribution in [2.24, 2.45) is 0 Å². The SMILES string of the molecule is CN1C[C@](C)(O)C(=O)C[C@H]1c1ccccc1. The highest BCUT2D eigenvalue weighted by Gasteiger charge is 2.40. The fraction of sp³-hybridized carbons (Fsp3) is 0.462. The topological polar surface area (TPSA) is 40.5 Å². The summed E-state index contributed by atoms with van der Waals surface area (Å²) in [6.07, 6.45) is 0.382. The first-order valence-corrected chi connectivity index (χ1v) is 5.51. The molecular weight excluding hydrogens is 202 g/mol. The van der Waals surface area contributed by atoms with E-state index < -0.39 is 5.60 Å². The summed E-state index contributed by atoms with van der Waals surface area (Å²) >= 11 is 0. The van der Waals surface area contributed by atoms with Gasteiger partial charge in [0, 0.05) is 19.0 Å². The van der Waals surface area contributed by atoms with Gasteiger partial charge in [-0.15, -0.1) is 0 Å². The van der Waals surface area contributed by atoms with E-state index in [2.05, 4.69) is 0 Å². The van der Waals surface area contributed by atoms with Gasteiger partial charge in [-0.3, -0.25) is 9.69 Å². The third kappa shape index (κ3) is 2.01. The summed E-state index contributed by atoms with van der Waals surface area (Å²) < 4.78 is 0. The predicted molar refractivity (Wildman–Crippen MR) is 62.1 cm³/mol. The quantitative estimate of drug-likeness (QED) is 0.775. The maximum Gasteiger partial charge on any atom is 0.167 e. The summed E-state index contributed by atoms with van der Waals surface area (Å²) in [6.45, 7) is 1.98. The summed E-state index contributed by atoms with van der Waals surface area (Å²) in [4.78, 5) is 13.8. The number of piperidine rings is 1. The number of hydrogen-bond acceptors (Lipinski definition) is 3. The normalized spacial score (nSPS) is 31.7. The molecule has 3 heteroatoms. The number of nitrogens with zero attached hydrogens (tertiary/aromatic N) is 1. The molecule has 0 aromatic heterocycles. The molecule has 2 rings (SSSR count). The van der Waals surface area contributed by atoms with Gasteiger partial charge in [0.05, 0.1) is 0 Å². The molecule has 0 radical (unpaired) electrons. The molecule has 16 heavy (non-hydrogen) atoms. The smallest absolute Gasteiger partial charge is 0.167 e. The number of ketones is 1. The second-order valence-corrected chi connectivity index (χ2v) is 4.74. The first kappa shape index (κ1) is 11.3. The Morgan fingerprint density at radius 2 is 2.00 bits per heavy atom. The van der Waals surface area contributed by atoms with Crippen LogP contribution in [0.5, 0.6) is 0 Å². The number of carbonyl (C=O) groups is 1. The molecule has 86 valence electrons. The number of Topliss-reactive ketones (excluding diaryl/α,β-unsaturated/α-hetero) is 1. The Hall–Kier alpha value is -1.19. The number of hydrogen-bond donors (Lipinski definition) is 1. The summed E-state index contributed by atoms with van der Waals surface area (Å²) in [5.74, 6) is -0.0700. The first-order valence-electron chi connectivity index (χ1n) is 5.51. The second-order valence-electron chi connectivity index (χ2n) is 4.74. The van der Waals surface area contributed by atoms with E-state index in [4.69, 9.17) is 0 Å². The Labute approximate surface area is 95.7 Å². The minimum Gasteiger partial charge on any atom is -0.381 e. The van der Waals surface area contributed by atoms with Gasteiger partial charge in [-0.2, -0.15) is 0 Å². The Morgan fingerprint density at radius 3 is 2.62 bits per heavy atom. The first-order chi connectivity index (χ1) is 7.50. The van der Waals surface area contributed by atoms with Crippen molar-refractivity contribution in [3.05, 3.63) is 35.9 Å². The number of carbonyl (C=O) groups excluding carboxylic acids is 1. The minimum atomic E-state index is -1.19. The van der Waals surface area contributed by atoms with Crippen LogP contribution in [-0.2, 0) is 4.79 Å². The highest BCUT2D eigenvalue weighted by molar-refractivity contribution is 5.88. The molecular formula is C13H17NO2. The van der Waals surface area contributed by atoms with Crippen LogP contribution in [0.3, 0.4) is 0 Å². The Balaban J connectivity index is 2.23. The molecule has 1 aliphatic rings. The van der Waals surface area contributed by atoms with E-state index in [1.165, 1.54) is 0 Å². The lowest BCUT2D eigenvalue weighted by Crippen LogP contribution is -2.52. The summed E-state index contributed by atoms with van der Waals surface area (Å²) in [7, 11) is 1.94. The lowest BCUT2D eigenvalue weighted by atomic mass is 9.86.